The second kappa shape index (κ2) is 4.07. The Hall–Kier alpha value is -1.06. The van der Waals surface area contributed by atoms with E-state index in [2.05, 4.69) is 0 Å². The van der Waals surface area contributed by atoms with Crippen LogP contribution in [0, 0.1) is 0 Å². The molecule has 1 aromatic carbocycles. The summed E-state index contributed by atoms with van der Waals surface area (Å²) in [4.78, 5) is 11.7. The fraction of sp³-hybridized carbons (Fsp3) is 0.250. The van der Waals surface area contributed by atoms with E-state index in [1.165, 1.54) is 11.5 Å². The summed E-state index contributed by atoms with van der Waals surface area (Å²) >= 11 is 7.39. The van der Waals surface area contributed by atoms with Gasteiger partial charge in [-0.3, -0.25) is 8.75 Å². The molecule has 2 aromatic rings. The Morgan fingerprint density at radius 3 is 2.62 bits per heavy atom. The van der Waals surface area contributed by atoms with Gasteiger partial charge < -0.3 is 0 Å². The summed E-state index contributed by atoms with van der Waals surface area (Å²) in [6.07, 6.45) is 0. The molecule has 0 spiro atoms. The third-order valence-corrected chi connectivity index (χ3v) is 3.96. The first-order chi connectivity index (χ1) is 7.51. The van der Waals surface area contributed by atoms with E-state index in [0.717, 1.165) is 5.56 Å². The zero-order chi connectivity index (χ0) is 11.8. The molecule has 4 heteroatoms. The highest BCUT2D eigenvalue weighted by molar-refractivity contribution is 7.04. The first-order valence-electron chi connectivity index (χ1n) is 4.95. The lowest BCUT2D eigenvalue weighted by Gasteiger charge is -2.25. The number of aromatic nitrogens is 1. The molecule has 0 unspecified atom stereocenters. The summed E-state index contributed by atoms with van der Waals surface area (Å²) < 4.78 is 1.75. The van der Waals surface area contributed by atoms with Crippen LogP contribution >= 0.6 is 23.1 Å². The van der Waals surface area contributed by atoms with E-state index in [0.29, 0.717) is 5.02 Å². The van der Waals surface area contributed by atoms with Crippen molar-refractivity contribution in [3.8, 4) is 0 Å². The Morgan fingerprint density at radius 1 is 1.31 bits per heavy atom. The van der Waals surface area contributed by atoms with Crippen molar-refractivity contribution in [3.63, 3.8) is 0 Å². The summed E-state index contributed by atoms with van der Waals surface area (Å²) in [6.45, 7) is 4.02. The highest BCUT2D eigenvalue weighted by Gasteiger charge is 2.24. The van der Waals surface area contributed by atoms with Gasteiger partial charge in [0, 0.05) is 16.5 Å². The van der Waals surface area contributed by atoms with E-state index in [4.69, 9.17) is 11.6 Å². The van der Waals surface area contributed by atoms with Crippen molar-refractivity contribution < 1.29 is 0 Å². The topological polar surface area (TPSA) is 22.0 Å². The minimum Gasteiger partial charge on any atom is -0.268 e. The molecule has 1 aromatic heterocycles. The molecule has 2 rings (SSSR count). The van der Waals surface area contributed by atoms with Gasteiger partial charge in [0.25, 0.3) is 5.56 Å². The maximum atomic E-state index is 11.7. The first-order valence-corrected chi connectivity index (χ1v) is 6.17. The number of hydrogen-bond acceptors (Lipinski definition) is 2. The van der Waals surface area contributed by atoms with Crippen LogP contribution in [0.5, 0.6) is 0 Å². The highest BCUT2D eigenvalue weighted by Crippen LogP contribution is 2.27. The third-order valence-electron chi connectivity index (χ3n) is 2.62. The van der Waals surface area contributed by atoms with Gasteiger partial charge in [0.1, 0.15) is 0 Å². The van der Waals surface area contributed by atoms with Crippen LogP contribution in [0.15, 0.2) is 40.5 Å². The molecule has 0 atom stereocenters. The van der Waals surface area contributed by atoms with E-state index < -0.39 is 0 Å². The molecule has 0 bridgehead atoms. The molecule has 84 valence electrons. The molecule has 0 fully saturated rings. The van der Waals surface area contributed by atoms with E-state index in [1.54, 1.807) is 15.4 Å². The second-order valence-electron chi connectivity index (χ2n) is 4.11. The molecule has 0 saturated carbocycles. The van der Waals surface area contributed by atoms with Gasteiger partial charge in [0.2, 0.25) is 0 Å². The largest absolute Gasteiger partial charge is 0.268 e. The summed E-state index contributed by atoms with van der Waals surface area (Å²) in [5, 5.41) is 2.49. The average molecular weight is 254 g/mol. The van der Waals surface area contributed by atoms with Gasteiger partial charge in [-0.1, -0.05) is 35.3 Å². The standard InChI is InChI=1S/C12H12ClNOS/c1-12(2,14-11(15)6-7-16-14)9-4-3-5-10(13)8-9/h3-8H,1-2H3. The molecule has 0 radical (unpaired) electrons. The monoisotopic (exact) mass is 253 g/mol. The van der Waals surface area contributed by atoms with Gasteiger partial charge in [-0.05, 0) is 31.5 Å². The van der Waals surface area contributed by atoms with Crippen molar-refractivity contribution in [2.75, 3.05) is 0 Å². The molecule has 0 amide bonds. The maximum Gasteiger partial charge on any atom is 0.261 e. The van der Waals surface area contributed by atoms with Crippen LogP contribution in [0.2, 0.25) is 5.02 Å². The molecule has 2 nitrogen and oxygen atoms in total. The molecule has 0 aliphatic carbocycles. The number of rotatable bonds is 2. The van der Waals surface area contributed by atoms with E-state index in [9.17, 15) is 4.79 Å². The summed E-state index contributed by atoms with van der Waals surface area (Å²) in [7, 11) is 0. The van der Waals surface area contributed by atoms with Crippen molar-refractivity contribution in [1.29, 1.82) is 0 Å². The summed E-state index contributed by atoms with van der Waals surface area (Å²) in [5.74, 6) is 0. The van der Waals surface area contributed by atoms with Crippen LogP contribution in [-0.2, 0) is 5.54 Å². The molecule has 16 heavy (non-hydrogen) atoms. The number of hydrogen-bond donors (Lipinski definition) is 0. The van der Waals surface area contributed by atoms with Crippen molar-refractivity contribution >= 4 is 23.1 Å². The van der Waals surface area contributed by atoms with Gasteiger partial charge >= 0.3 is 0 Å². The van der Waals surface area contributed by atoms with Crippen LogP contribution in [0.4, 0.5) is 0 Å². The Kier molecular flexibility index (Phi) is 2.91. The van der Waals surface area contributed by atoms with E-state index in [-0.39, 0.29) is 11.1 Å². The molecule has 0 aliphatic rings. The van der Waals surface area contributed by atoms with Crippen molar-refractivity contribution in [3.05, 3.63) is 56.7 Å². The average Bonchev–Trinajstić information content (AvgIpc) is 2.65. The van der Waals surface area contributed by atoms with Crippen molar-refractivity contribution in [1.82, 2.24) is 3.96 Å². The number of nitrogens with zero attached hydrogens (tertiary/aromatic N) is 1. The lowest BCUT2D eigenvalue weighted by atomic mass is 9.95. The van der Waals surface area contributed by atoms with Crippen molar-refractivity contribution in [2.45, 2.75) is 19.4 Å². The zero-order valence-electron chi connectivity index (χ0n) is 9.11. The fourth-order valence-electron chi connectivity index (χ4n) is 1.66. The quantitative estimate of drug-likeness (QED) is 0.805. The molecule has 1 heterocycles. The first kappa shape index (κ1) is 11.4. The summed E-state index contributed by atoms with van der Waals surface area (Å²) in [5.41, 5.74) is 0.690. The van der Waals surface area contributed by atoms with Gasteiger partial charge in [-0.15, -0.1) is 0 Å². The Morgan fingerprint density at radius 2 is 2.06 bits per heavy atom. The predicted molar refractivity (Wildman–Crippen MR) is 68.5 cm³/mol. The van der Waals surface area contributed by atoms with Crippen LogP contribution in [0.3, 0.4) is 0 Å². The van der Waals surface area contributed by atoms with Crippen LogP contribution < -0.4 is 5.56 Å². The fourth-order valence-corrected chi connectivity index (χ4v) is 2.69. The van der Waals surface area contributed by atoms with Gasteiger partial charge in [0.05, 0.1) is 5.54 Å². The maximum absolute atomic E-state index is 11.7. The van der Waals surface area contributed by atoms with E-state index >= 15 is 0 Å². The lowest BCUT2D eigenvalue weighted by molar-refractivity contribution is 0.460. The van der Waals surface area contributed by atoms with Crippen molar-refractivity contribution in [2.24, 2.45) is 0 Å². The Balaban J connectivity index is 2.55. The summed E-state index contributed by atoms with van der Waals surface area (Å²) in [6, 6.07) is 9.19. The Labute approximate surface area is 103 Å². The lowest BCUT2D eigenvalue weighted by Crippen LogP contribution is -2.33. The third kappa shape index (κ3) is 1.93. The van der Waals surface area contributed by atoms with Crippen LogP contribution in [0.1, 0.15) is 19.4 Å². The molecule has 0 N–H and O–H groups in total. The predicted octanol–water partition coefficient (Wildman–Crippen LogP) is 3.35. The highest BCUT2D eigenvalue weighted by atomic mass is 35.5. The number of benzene rings is 1. The zero-order valence-corrected chi connectivity index (χ0v) is 10.7. The number of halogens is 1. The Bertz CT molecular complexity index is 556. The molecular weight excluding hydrogens is 242 g/mol. The second-order valence-corrected chi connectivity index (χ2v) is 5.39. The molecule has 0 aliphatic heterocycles. The van der Waals surface area contributed by atoms with Crippen LogP contribution in [0.25, 0.3) is 0 Å². The normalized spacial score (nSPS) is 11.7. The minimum atomic E-state index is -0.365. The van der Waals surface area contributed by atoms with Crippen LogP contribution in [-0.4, -0.2) is 3.96 Å². The molecule has 0 saturated heterocycles. The van der Waals surface area contributed by atoms with Gasteiger partial charge in [-0.2, -0.15) is 0 Å². The van der Waals surface area contributed by atoms with Gasteiger partial charge in [0.15, 0.2) is 0 Å². The van der Waals surface area contributed by atoms with E-state index in [1.807, 2.05) is 38.1 Å². The smallest absolute Gasteiger partial charge is 0.261 e. The molecular formula is C12H12ClNOS. The SMILES string of the molecule is CC(C)(c1cccc(Cl)c1)n1sccc1=O. The minimum absolute atomic E-state index is 0.0231. The van der Waals surface area contributed by atoms with Gasteiger partial charge in [-0.25, -0.2) is 0 Å².